The van der Waals surface area contributed by atoms with Gasteiger partial charge in [-0.25, -0.2) is 4.39 Å². The Bertz CT molecular complexity index is 551. The molecule has 0 bridgehead atoms. The van der Waals surface area contributed by atoms with Crippen LogP contribution < -0.4 is 10.6 Å². The molecule has 8 heteroatoms. The fraction of sp³-hybridized carbons (Fsp3) is 0.364. The van der Waals surface area contributed by atoms with Gasteiger partial charge in [0.05, 0.1) is 11.5 Å². The van der Waals surface area contributed by atoms with Gasteiger partial charge in [0, 0.05) is 25.1 Å². The summed E-state index contributed by atoms with van der Waals surface area (Å²) in [6.07, 6.45) is 0.0516. The van der Waals surface area contributed by atoms with E-state index >= 15 is 0 Å². The molecule has 1 aliphatic rings. The first kappa shape index (κ1) is 13.2. The zero-order valence-corrected chi connectivity index (χ0v) is 9.88. The van der Waals surface area contributed by atoms with Gasteiger partial charge in [0.2, 0.25) is 0 Å². The second-order valence-corrected chi connectivity index (χ2v) is 4.46. The summed E-state index contributed by atoms with van der Waals surface area (Å²) in [5.41, 5.74) is 3.09. The summed E-state index contributed by atoms with van der Waals surface area (Å²) >= 11 is 0. The highest BCUT2D eigenvalue weighted by atomic mass is 19.1. The number of hydrogen-bond donors (Lipinski definition) is 2. The minimum atomic E-state index is -1.74. The number of nitro groups is 1. The second-order valence-electron chi connectivity index (χ2n) is 4.46. The molecule has 0 saturated carbocycles. The van der Waals surface area contributed by atoms with E-state index in [1.54, 1.807) is 0 Å². The van der Waals surface area contributed by atoms with E-state index in [-0.39, 0.29) is 30.9 Å². The van der Waals surface area contributed by atoms with Crippen molar-refractivity contribution in [1.82, 2.24) is 0 Å². The van der Waals surface area contributed by atoms with Gasteiger partial charge in [-0.1, -0.05) is 0 Å². The monoisotopic (exact) mass is 269 g/mol. The molecule has 0 aromatic heterocycles. The lowest BCUT2D eigenvalue weighted by Gasteiger charge is -2.21. The van der Waals surface area contributed by atoms with Crippen molar-refractivity contribution >= 4 is 17.3 Å². The van der Waals surface area contributed by atoms with Crippen LogP contribution >= 0.6 is 0 Å². The third kappa shape index (κ3) is 2.34. The highest BCUT2D eigenvalue weighted by Gasteiger charge is 2.42. The molecule has 1 aliphatic heterocycles. The van der Waals surface area contributed by atoms with Crippen molar-refractivity contribution in [3.05, 3.63) is 34.1 Å². The van der Waals surface area contributed by atoms with Gasteiger partial charge in [0.1, 0.15) is 11.5 Å². The summed E-state index contributed by atoms with van der Waals surface area (Å²) < 4.78 is 13.2. The number of halogens is 1. The first-order valence-electron chi connectivity index (χ1n) is 5.55. The number of amides is 1. The molecule has 1 heterocycles. The van der Waals surface area contributed by atoms with Crippen LogP contribution in [0.25, 0.3) is 0 Å². The Morgan fingerprint density at radius 3 is 2.79 bits per heavy atom. The number of rotatable bonds is 3. The Morgan fingerprint density at radius 1 is 1.58 bits per heavy atom. The second kappa shape index (κ2) is 4.47. The molecule has 102 valence electrons. The van der Waals surface area contributed by atoms with Gasteiger partial charge in [0.15, 0.2) is 5.60 Å². The van der Waals surface area contributed by atoms with E-state index in [4.69, 9.17) is 5.73 Å². The molecule has 0 aliphatic carbocycles. The quantitative estimate of drug-likeness (QED) is 0.600. The Hall–Kier alpha value is -2.22. The van der Waals surface area contributed by atoms with E-state index in [1.807, 2.05) is 0 Å². The normalized spacial score (nSPS) is 22.5. The summed E-state index contributed by atoms with van der Waals surface area (Å²) in [5, 5.41) is 20.8. The lowest BCUT2D eigenvalue weighted by Crippen LogP contribution is -2.46. The summed E-state index contributed by atoms with van der Waals surface area (Å²) in [6.45, 7) is -0.00361. The summed E-state index contributed by atoms with van der Waals surface area (Å²) in [5.74, 6) is -1.52. The molecule has 1 fully saturated rings. The summed E-state index contributed by atoms with van der Waals surface area (Å²) in [6, 6.07) is 3.04. The van der Waals surface area contributed by atoms with Crippen molar-refractivity contribution in [2.75, 3.05) is 18.0 Å². The van der Waals surface area contributed by atoms with E-state index < -0.39 is 22.2 Å². The van der Waals surface area contributed by atoms with Gasteiger partial charge in [-0.15, -0.1) is 0 Å². The standard InChI is InChI=1S/C11H12FN3O4/c12-7-1-2-8(15(18)19)9(5-7)14-4-3-11(17,6-14)10(13)16/h1-2,5,17H,3-4,6H2,(H2,13,16). The number of nitrogens with zero attached hydrogens (tertiary/aromatic N) is 2. The maximum atomic E-state index is 13.2. The van der Waals surface area contributed by atoms with Gasteiger partial charge >= 0.3 is 0 Å². The van der Waals surface area contributed by atoms with Gasteiger partial charge in [-0.05, 0) is 6.07 Å². The Balaban J connectivity index is 2.36. The SMILES string of the molecule is NC(=O)C1(O)CCN(c2cc(F)ccc2[N+](=O)[O-])C1. The molecule has 7 nitrogen and oxygen atoms in total. The number of primary amides is 1. The van der Waals surface area contributed by atoms with Crippen molar-refractivity contribution in [2.45, 2.75) is 12.0 Å². The molecule has 19 heavy (non-hydrogen) atoms. The first-order chi connectivity index (χ1) is 8.83. The lowest BCUT2D eigenvalue weighted by atomic mass is 10.0. The highest BCUT2D eigenvalue weighted by molar-refractivity contribution is 5.85. The van der Waals surface area contributed by atoms with Gasteiger partial charge in [0.25, 0.3) is 11.6 Å². The summed E-state index contributed by atoms with van der Waals surface area (Å²) in [4.78, 5) is 22.7. The lowest BCUT2D eigenvalue weighted by molar-refractivity contribution is -0.384. The fourth-order valence-corrected chi connectivity index (χ4v) is 2.10. The van der Waals surface area contributed by atoms with Gasteiger partial charge in [-0.2, -0.15) is 0 Å². The molecule has 1 amide bonds. The summed E-state index contributed by atoms with van der Waals surface area (Å²) in [7, 11) is 0. The number of nitrogens with two attached hydrogens (primary N) is 1. The van der Waals surface area contributed by atoms with Crippen LogP contribution in [0.2, 0.25) is 0 Å². The number of β-amino-alcohol motifs (C(OH)–C–C–N with tert-alkyl or cyclic N) is 1. The molecule has 1 unspecified atom stereocenters. The number of carbonyl (C=O) groups excluding carboxylic acids is 1. The topological polar surface area (TPSA) is 110 Å². The van der Waals surface area contributed by atoms with Gasteiger partial charge in [-0.3, -0.25) is 14.9 Å². The van der Waals surface area contributed by atoms with Crippen LogP contribution in [0.4, 0.5) is 15.8 Å². The average molecular weight is 269 g/mol. The van der Waals surface area contributed by atoms with Crippen molar-refractivity contribution in [2.24, 2.45) is 5.73 Å². The Morgan fingerprint density at radius 2 is 2.26 bits per heavy atom. The Kier molecular flexibility index (Phi) is 3.11. The number of carbonyl (C=O) groups is 1. The minimum absolute atomic E-state index is 0.0298. The van der Waals surface area contributed by atoms with Crippen LogP contribution in [0.15, 0.2) is 18.2 Å². The van der Waals surface area contributed by atoms with Gasteiger partial charge < -0.3 is 15.7 Å². The molecular weight excluding hydrogens is 257 g/mol. The molecule has 3 N–H and O–H groups in total. The Labute approximate surface area is 107 Å². The van der Waals surface area contributed by atoms with Crippen molar-refractivity contribution in [3.63, 3.8) is 0 Å². The fourth-order valence-electron chi connectivity index (χ4n) is 2.10. The first-order valence-corrected chi connectivity index (χ1v) is 5.55. The van der Waals surface area contributed by atoms with Crippen molar-refractivity contribution in [1.29, 1.82) is 0 Å². The van der Waals surface area contributed by atoms with Crippen LogP contribution in [-0.2, 0) is 4.79 Å². The zero-order chi connectivity index (χ0) is 14.2. The largest absolute Gasteiger partial charge is 0.378 e. The number of nitro benzene ring substituents is 1. The maximum absolute atomic E-state index is 13.2. The molecule has 0 spiro atoms. The van der Waals surface area contributed by atoms with E-state index in [9.17, 15) is 24.4 Å². The molecule has 0 radical (unpaired) electrons. The van der Waals surface area contributed by atoms with Crippen LogP contribution in [0.3, 0.4) is 0 Å². The van der Waals surface area contributed by atoms with Crippen LogP contribution in [0, 0.1) is 15.9 Å². The molecule has 1 aromatic carbocycles. The van der Waals surface area contributed by atoms with E-state index in [2.05, 4.69) is 0 Å². The van der Waals surface area contributed by atoms with E-state index in [1.165, 1.54) is 4.90 Å². The predicted octanol–water partition coefficient (Wildman–Crippen LogP) is 0.160. The van der Waals surface area contributed by atoms with Crippen LogP contribution in [-0.4, -0.2) is 34.6 Å². The van der Waals surface area contributed by atoms with E-state index in [0.717, 1.165) is 18.2 Å². The molecule has 2 rings (SSSR count). The maximum Gasteiger partial charge on any atom is 0.292 e. The van der Waals surface area contributed by atoms with Crippen LogP contribution in [0.1, 0.15) is 6.42 Å². The van der Waals surface area contributed by atoms with Crippen LogP contribution in [0.5, 0.6) is 0 Å². The zero-order valence-electron chi connectivity index (χ0n) is 9.88. The highest BCUT2D eigenvalue weighted by Crippen LogP contribution is 2.34. The molecule has 1 atom stereocenters. The number of anilines is 1. The molecular formula is C11H12FN3O4. The molecule has 1 saturated heterocycles. The molecule has 1 aromatic rings. The number of benzene rings is 1. The van der Waals surface area contributed by atoms with Crippen molar-refractivity contribution < 1.29 is 19.2 Å². The average Bonchev–Trinajstić information content (AvgIpc) is 2.73. The third-order valence-corrected chi connectivity index (χ3v) is 3.18. The number of hydrogen-bond acceptors (Lipinski definition) is 5. The smallest absolute Gasteiger partial charge is 0.292 e. The predicted molar refractivity (Wildman–Crippen MR) is 64.0 cm³/mol. The van der Waals surface area contributed by atoms with Crippen molar-refractivity contribution in [3.8, 4) is 0 Å². The van der Waals surface area contributed by atoms with E-state index in [0.29, 0.717) is 0 Å². The third-order valence-electron chi connectivity index (χ3n) is 3.18. The minimum Gasteiger partial charge on any atom is -0.378 e. The number of aliphatic hydroxyl groups is 1.